The molecule has 0 aromatic heterocycles. The van der Waals surface area contributed by atoms with Crippen LogP contribution in [0.3, 0.4) is 0 Å². The van der Waals surface area contributed by atoms with Crippen LogP contribution >= 0.6 is 22.6 Å². The fraction of sp³-hybridized carbons (Fsp3) is 0.438. The maximum absolute atomic E-state index is 11.6. The molecular weight excluding hydrogens is 367 g/mol. The summed E-state index contributed by atoms with van der Waals surface area (Å²) in [5, 5.41) is 9.29. The third-order valence-corrected chi connectivity index (χ3v) is 4.44. The molecular formula is C16H21IO3. The zero-order valence-corrected chi connectivity index (χ0v) is 14.5. The van der Waals surface area contributed by atoms with Crippen LogP contribution in [0.5, 0.6) is 5.75 Å². The lowest BCUT2D eigenvalue weighted by atomic mass is 9.83. The largest absolute Gasteiger partial charge is 0.508 e. The summed E-state index contributed by atoms with van der Waals surface area (Å²) in [5.74, 6) is 0.740. The molecule has 0 fully saturated rings. The second-order valence-corrected chi connectivity index (χ2v) is 7.15. The van der Waals surface area contributed by atoms with Gasteiger partial charge in [-0.1, -0.05) is 20.4 Å². The van der Waals surface area contributed by atoms with Crippen LogP contribution in [0.15, 0.2) is 30.8 Å². The molecule has 1 aromatic rings. The highest BCUT2D eigenvalue weighted by atomic mass is 127. The third-order valence-electron chi connectivity index (χ3n) is 2.98. The second-order valence-electron chi connectivity index (χ2n) is 6.17. The number of carbonyl (C=O) groups excluding carboxylic acids is 1. The van der Waals surface area contributed by atoms with E-state index in [9.17, 15) is 9.90 Å². The molecule has 4 heteroatoms. The van der Waals surface area contributed by atoms with Crippen molar-refractivity contribution < 1.29 is 14.6 Å². The van der Waals surface area contributed by atoms with Crippen molar-refractivity contribution in [2.45, 2.75) is 39.7 Å². The van der Waals surface area contributed by atoms with Crippen LogP contribution in [0.25, 0.3) is 5.76 Å². The highest BCUT2D eigenvalue weighted by Gasteiger charge is 2.34. The Kier molecular flexibility index (Phi) is 5.24. The van der Waals surface area contributed by atoms with Gasteiger partial charge in [-0.25, -0.2) is 0 Å². The number of aliphatic hydroxyl groups excluding tert-OH is 1. The van der Waals surface area contributed by atoms with Gasteiger partial charge >= 0.3 is 0 Å². The predicted molar refractivity (Wildman–Crippen MR) is 90.2 cm³/mol. The van der Waals surface area contributed by atoms with E-state index in [0.717, 1.165) is 0 Å². The Morgan fingerprint density at radius 1 is 1.25 bits per heavy atom. The minimum atomic E-state index is -0.456. The normalized spacial score (nSPS) is 12.1. The quantitative estimate of drug-likeness (QED) is 0.435. The van der Waals surface area contributed by atoms with Gasteiger partial charge in [0, 0.05) is 33.6 Å². The summed E-state index contributed by atoms with van der Waals surface area (Å²) in [6, 6.07) is 7.08. The van der Waals surface area contributed by atoms with E-state index in [1.165, 1.54) is 0 Å². The first kappa shape index (κ1) is 17.0. The SMILES string of the molecule is C=C(O)c1ccc(OC(C)(C)CC(C)(C)C(=O)I)cc1. The monoisotopic (exact) mass is 388 g/mol. The Hall–Kier alpha value is -1.04. The number of aliphatic hydroxyl groups is 1. The van der Waals surface area contributed by atoms with Crippen LogP contribution in [0.2, 0.25) is 0 Å². The van der Waals surface area contributed by atoms with Gasteiger partial charge in [0.05, 0.1) is 0 Å². The van der Waals surface area contributed by atoms with Crippen molar-refractivity contribution in [3.05, 3.63) is 36.4 Å². The first-order valence-electron chi connectivity index (χ1n) is 6.41. The molecule has 0 saturated heterocycles. The molecule has 0 unspecified atom stereocenters. The van der Waals surface area contributed by atoms with Gasteiger partial charge in [0.25, 0.3) is 0 Å². The fourth-order valence-electron chi connectivity index (χ4n) is 2.20. The maximum atomic E-state index is 11.6. The van der Waals surface area contributed by atoms with Gasteiger partial charge in [-0.3, -0.25) is 4.79 Å². The van der Waals surface area contributed by atoms with Gasteiger partial charge in [-0.15, -0.1) is 0 Å². The summed E-state index contributed by atoms with van der Waals surface area (Å²) in [5.41, 5.74) is -0.219. The van der Waals surface area contributed by atoms with E-state index in [2.05, 4.69) is 6.58 Å². The Morgan fingerprint density at radius 2 is 1.75 bits per heavy atom. The Labute approximate surface area is 134 Å². The highest BCUT2D eigenvalue weighted by molar-refractivity contribution is 14.1. The Balaban J connectivity index is 2.80. The summed E-state index contributed by atoms with van der Waals surface area (Å²) in [4.78, 5) is 11.6. The van der Waals surface area contributed by atoms with E-state index in [0.29, 0.717) is 17.7 Å². The van der Waals surface area contributed by atoms with E-state index in [1.54, 1.807) is 24.3 Å². The number of benzene rings is 1. The number of halogens is 1. The number of carbonyl (C=O) groups is 1. The van der Waals surface area contributed by atoms with Gasteiger partial charge < -0.3 is 9.84 Å². The lowest BCUT2D eigenvalue weighted by molar-refractivity contribution is -0.118. The molecule has 110 valence electrons. The molecule has 1 N–H and O–H groups in total. The molecule has 0 aliphatic heterocycles. The average Bonchev–Trinajstić information content (AvgIpc) is 2.27. The highest BCUT2D eigenvalue weighted by Crippen LogP contribution is 2.34. The molecule has 0 heterocycles. The fourth-order valence-corrected chi connectivity index (χ4v) is 2.39. The first-order valence-corrected chi connectivity index (χ1v) is 7.49. The summed E-state index contributed by atoms with van der Waals surface area (Å²) >= 11 is 1.84. The zero-order valence-electron chi connectivity index (χ0n) is 12.4. The van der Waals surface area contributed by atoms with Crippen LogP contribution < -0.4 is 4.74 Å². The Morgan fingerprint density at radius 3 is 2.15 bits per heavy atom. The molecule has 0 spiro atoms. The van der Waals surface area contributed by atoms with E-state index in [-0.39, 0.29) is 9.55 Å². The van der Waals surface area contributed by atoms with Crippen LogP contribution in [-0.2, 0) is 4.79 Å². The Bertz CT molecular complexity index is 501. The van der Waals surface area contributed by atoms with Crippen molar-refractivity contribution in [2.75, 3.05) is 0 Å². The van der Waals surface area contributed by atoms with Gasteiger partial charge in [-0.05, 0) is 44.5 Å². The lowest BCUT2D eigenvalue weighted by Gasteiger charge is -2.33. The number of hydrogen-bond acceptors (Lipinski definition) is 3. The van der Waals surface area contributed by atoms with E-state index < -0.39 is 11.0 Å². The molecule has 1 rings (SSSR count). The predicted octanol–water partition coefficient (Wildman–Crippen LogP) is 4.75. The van der Waals surface area contributed by atoms with Gasteiger partial charge in [0.1, 0.15) is 17.1 Å². The minimum absolute atomic E-state index is 0.0347. The molecule has 0 bridgehead atoms. The third kappa shape index (κ3) is 4.81. The summed E-state index contributed by atoms with van der Waals surface area (Å²) < 4.78 is 6.08. The molecule has 0 aliphatic rings. The van der Waals surface area contributed by atoms with Crippen molar-refractivity contribution in [3.63, 3.8) is 0 Å². The van der Waals surface area contributed by atoms with Crippen LogP contribution in [-0.4, -0.2) is 14.5 Å². The summed E-state index contributed by atoms with van der Waals surface area (Å²) in [7, 11) is 0. The molecule has 0 amide bonds. The van der Waals surface area contributed by atoms with Gasteiger partial charge in [0.2, 0.25) is 0 Å². The molecule has 0 radical (unpaired) electrons. The molecule has 0 aliphatic carbocycles. The van der Waals surface area contributed by atoms with Gasteiger partial charge in [-0.2, -0.15) is 0 Å². The van der Waals surface area contributed by atoms with Crippen molar-refractivity contribution in [1.29, 1.82) is 0 Å². The zero-order chi connectivity index (χ0) is 15.6. The van der Waals surface area contributed by atoms with Crippen molar-refractivity contribution >= 4 is 32.1 Å². The van der Waals surface area contributed by atoms with E-state index in [1.807, 2.05) is 50.3 Å². The minimum Gasteiger partial charge on any atom is -0.508 e. The summed E-state index contributed by atoms with van der Waals surface area (Å²) in [6.45, 7) is 11.2. The molecule has 1 aromatic carbocycles. The first-order chi connectivity index (χ1) is 9.03. The molecule has 20 heavy (non-hydrogen) atoms. The van der Waals surface area contributed by atoms with Crippen LogP contribution in [0, 0.1) is 5.41 Å². The molecule has 3 nitrogen and oxygen atoms in total. The van der Waals surface area contributed by atoms with Crippen molar-refractivity contribution in [2.24, 2.45) is 5.41 Å². The number of rotatable bonds is 6. The van der Waals surface area contributed by atoms with Crippen LogP contribution in [0.4, 0.5) is 0 Å². The summed E-state index contributed by atoms with van der Waals surface area (Å²) in [6.07, 6.45) is 0.621. The van der Waals surface area contributed by atoms with E-state index >= 15 is 0 Å². The van der Waals surface area contributed by atoms with E-state index in [4.69, 9.17) is 4.74 Å². The topological polar surface area (TPSA) is 46.5 Å². The van der Waals surface area contributed by atoms with Crippen LogP contribution in [0.1, 0.15) is 39.7 Å². The smallest absolute Gasteiger partial charge is 0.198 e. The van der Waals surface area contributed by atoms with Crippen molar-refractivity contribution in [3.8, 4) is 5.75 Å². The van der Waals surface area contributed by atoms with Crippen molar-refractivity contribution in [1.82, 2.24) is 0 Å². The molecule has 0 atom stereocenters. The second kappa shape index (κ2) is 6.16. The number of ether oxygens (including phenoxy) is 1. The average molecular weight is 388 g/mol. The standard InChI is InChI=1S/C16H21IO3/c1-11(18)12-6-8-13(9-7-12)20-16(4,5)10-15(2,3)14(17)19/h6-9,18H,1,10H2,2-5H3. The number of hydrogen-bond donors (Lipinski definition) is 1. The lowest BCUT2D eigenvalue weighted by Crippen LogP contribution is -2.36. The maximum Gasteiger partial charge on any atom is 0.198 e. The van der Waals surface area contributed by atoms with Gasteiger partial charge in [0.15, 0.2) is 3.79 Å². The molecule has 0 saturated carbocycles.